The van der Waals surface area contributed by atoms with Crippen LogP contribution in [0.1, 0.15) is 25.0 Å². The molecule has 2 N–H and O–H groups in total. The van der Waals surface area contributed by atoms with Crippen LogP contribution >= 0.6 is 11.3 Å². The second kappa shape index (κ2) is 11.1. The van der Waals surface area contributed by atoms with Gasteiger partial charge >= 0.3 is 0 Å². The van der Waals surface area contributed by atoms with E-state index < -0.39 is 11.3 Å². The van der Waals surface area contributed by atoms with Crippen molar-refractivity contribution in [3.63, 3.8) is 0 Å². The van der Waals surface area contributed by atoms with Crippen LogP contribution in [0.25, 0.3) is 20.2 Å². The Bertz CT molecular complexity index is 1380. The average Bonchev–Trinajstić information content (AvgIpc) is 2.84. The number of para-hydroxylation sites is 1. The van der Waals surface area contributed by atoms with Crippen molar-refractivity contribution in [3.8, 4) is 0 Å². The number of anilines is 2. The second-order valence-corrected chi connectivity index (χ2v) is 9.75. The first-order valence-electron chi connectivity index (χ1n) is 11.4. The Kier molecular flexibility index (Phi) is 7.95. The normalized spacial score (nSPS) is 12.4. The van der Waals surface area contributed by atoms with Gasteiger partial charge in [-0.2, -0.15) is 0 Å². The molecule has 0 fully saturated rings. The van der Waals surface area contributed by atoms with Gasteiger partial charge < -0.3 is 19.5 Å². The number of nitrogens with one attached hydrogen (secondary N) is 2. The van der Waals surface area contributed by atoms with Gasteiger partial charge in [-0.25, -0.2) is 0 Å². The molecule has 3 aromatic carbocycles. The van der Waals surface area contributed by atoms with Gasteiger partial charge in [-0.1, -0.05) is 50.2 Å². The summed E-state index contributed by atoms with van der Waals surface area (Å²) in [7, 11) is 0. The van der Waals surface area contributed by atoms with Crippen molar-refractivity contribution in [1.29, 1.82) is 0 Å². The maximum atomic E-state index is 13.6. The molecule has 1 atom stereocenters. The summed E-state index contributed by atoms with van der Waals surface area (Å²) in [6.45, 7) is 7.90. The Morgan fingerprint density at radius 1 is 0.941 bits per heavy atom. The van der Waals surface area contributed by atoms with Gasteiger partial charge in [-0.15, -0.1) is 11.3 Å². The minimum atomic E-state index is -2.41. The zero-order valence-electron chi connectivity index (χ0n) is 19.3. The lowest BCUT2D eigenvalue weighted by atomic mass is 10.0. The van der Waals surface area contributed by atoms with Gasteiger partial charge in [0, 0.05) is 56.9 Å². The molecule has 0 aliphatic heterocycles. The van der Waals surface area contributed by atoms with E-state index in [0.717, 1.165) is 52.4 Å². The summed E-state index contributed by atoms with van der Waals surface area (Å²) in [4.78, 5) is 15.9. The maximum Gasteiger partial charge on any atom is 0.197 e. The van der Waals surface area contributed by atoms with Crippen molar-refractivity contribution in [1.82, 2.24) is 4.90 Å². The molecule has 34 heavy (non-hydrogen) atoms. The fourth-order valence-corrected chi connectivity index (χ4v) is 5.79. The number of hydrogen-bond acceptors (Lipinski definition) is 6. The number of nitrogens with zero attached hydrogens (tertiary/aromatic N) is 1. The fourth-order valence-electron chi connectivity index (χ4n) is 4.20. The average molecular weight is 495 g/mol. The molecule has 0 aliphatic rings. The van der Waals surface area contributed by atoms with E-state index in [2.05, 4.69) is 28.8 Å². The molecule has 1 heterocycles. The summed E-state index contributed by atoms with van der Waals surface area (Å²) in [5, 5.41) is 4.90. The van der Waals surface area contributed by atoms with Crippen LogP contribution in [0.15, 0.2) is 65.5 Å². The quantitative estimate of drug-likeness (QED) is 0.240. The van der Waals surface area contributed by atoms with Gasteiger partial charge in [0.1, 0.15) is 0 Å². The molecular formula is C26H28N3O3S2-. The van der Waals surface area contributed by atoms with E-state index in [0.29, 0.717) is 22.9 Å². The summed E-state index contributed by atoms with van der Waals surface area (Å²) >= 11 is -0.807. The number of likely N-dealkylation sites (N-methyl/N-ethyl adjacent to an activating group) is 1. The van der Waals surface area contributed by atoms with Gasteiger partial charge in [0.05, 0.1) is 5.39 Å². The first-order valence-corrected chi connectivity index (χ1v) is 13.3. The zero-order chi connectivity index (χ0) is 24.1. The van der Waals surface area contributed by atoms with Crippen LogP contribution in [0.4, 0.5) is 11.4 Å². The van der Waals surface area contributed by atoms with Crippen molar-refractivity contribution >= 4 is 54.2 Å². The maximum absolute atomic E-state index is 13.6. The largest absolute Gasteiger partial charge is 0.755 e. The van der Waals surface area contributed by atoms with Gasteiger partial charge in [-0.05, 0) is 48.5 Å². The standard InChI is InChI=1S/C26H29N3O3S2/c1-3-29(4-2)16-15-27-22-14-13-19(17-18-9-5-7-11-21(18)28-34(31)32)26-24(22)25(30)20-10-6-8-12-23(20)33-26/h5-14,27-28H,3-4,15-17H2,1-2H3,(H,31,32)/p-1. The highest BCUT2D eigenvalue weighted by molar-refractivity contribution is 7.80. The summed E-state index contributed by atoms with van der Waals surface area (Å²) in [6, 6.07) is 19.0. The van der Waals surface area contributed by atoms with E-state index in [1.165, 1.54) is 0 Å². The minimum absolute atomic E-state index is 0.0172. The molecule has 0 saturated heterocycles. The molecule has 1 unspecified atom stereocenters. The van der Waals surface area contributed by atoms with Crippen molar-refractivity contribution in [2.24, 2.45) is 0 Å². The summed E-state index contributed by atoms with van der Waals surface area (Å²) in [5.41, 5.74) is 3.23. The van der Waals surface area contributed by atoms with Crippen LogP contribution in [-0.2, 0) is 17.7 Å². The highest BCUT2D eigenvalue weighted by atomic mass is 32.2. The summed E-state index contributed by atoms with van der Waals surface area (Å²) in [5.74, 6) is 0. The molecule has 0 bridgehead atoms. The Labute approximate surface area is 206 Å². The van der Waals surface area contributed by atoms with Crippen LogP contribution in [0.3, 0.4) is 0 Å². The van der Waals surface area contributed by atoms with E-state index in [1.807, 2.05) is 48.5 Å². The molecule has 0 spiro atoms. The lowest BCUT2D eigenvalue weighted by Crippen LogP contribution is -2.28. The van der Waals surface area contributed by atoms with Crippen LogP contribution in [0.5, 0.6) is 0 Å². The lowest BCUT2D eigenvalue weighted by Gasteiger charge is -2.19. The van der Waals surface area contributed by atoms with E-state index in [-0.39, 0.29) is 5.43 Å². The van der Waals surface area contributed by atoms with Gasteiger partial charge in [0.2, 0.25) is 0 Å². The highest BCUT2D eigenvalue weighted by Gasteiger charge is 2.15. The summed E-state index contributed by atoms with van der Waals surface area (Å²) in [6.07, 6.45) is 0.505. The number of hydrogen-bond donors (Lipinski definition) is 2. The molecule has 178 valence electrons. The number of rotatable bonds is 10. The van der Waals surface area contributed by atoms with Crippen LogP contribution in [0.2, 0.25) is 0 Å². The molecule has 6 nitrogen and oxygen atoms in total. The summed E-state index contributed by atoms with van der Waals surface area (Å²) < 4.78 is 26.9. The van der Waals surface area contributed by atoms with E-state index in [4.69, 9.17) is 0 Å². The smallest absolute Gasteiger partial charge is 0.197 e. The topological polar surface area (TPSA) is 84.5 Å². The van der Waals surface area contributed by atoms with E-state index in [9.17, 15) is 13.6 Å². The third-order valence-corrected chi connectivity index (χ3v) is 7.67. The van der Waals surface area contributed by atoms with Crippen molar-refractivity contribution in [3.05, 3.63) is 82.0 Å². The predicted octanol–water partition coefficient (Wildman–Crippen LogP) is 4.97. The first-order chi connectivity index (χ1) is 16.5. The van der Waals surface area contributed by atoms with E-state index >= 15 is 0 Å². The van der Waals surface area contributed by atoms with Crippen LogP contribution in [-0.4, -0.2) is 39.8 Å². The van der Waals surface area contributed by atoms with Gasteiger partial charge in [-0.3, -0.25) is 9.00 Å². The Balaban J connectivity index is 1.80. The monoisotopic (exact) mass is 494 g/mol. The molecule has 0 saturated carbocycles. The van der Waals surface area contributed by atoms with Crippen LogP contribution in [0, 0.1) is 0 Å². The predicted molar refractivity (Wildman–Crippen MR) is 144 cm³/mol. The Morgan fingerprint density at radius 2 is 1.68 bits per heavy atom. The zero-order valence-corrected chi connectivity index (χ0v) is 20.9. The molecule has 4 rings (SSSR count). The molecule has 0 amide bonds. The van der Waals surface area contributed by atoms with Crippen molar-refractivity contribution in [2.75, 3.05) is 36.2 Å². The minimum Gasteiger partial charge on any atom is -0.755 e. The lowest BCUT2D eigenvalue weighted by molar-refractivity contribution is 0.316. The Hall–Kier alpha value is -2.78. The second-order valence-electron chi connectivity index (χ2n) is 8.03. The SMILES string of the molecule is CCN(CC)CCNc1ccc(Cc2ccccc2NS(=O)[O-])c2sc3ccccc3c(=O)c12. The Morgan fingerprint density at radius 3 is 2.44 bits per heavy atom. The number of fused-ring (bicyclic) bond motifs is 2. The molecule has 1 aromatic heterocycles. The van der Waals surface area contributed by atoms with Crippen LogP contribution < -0.4 is 15.5 Å². The molecule has 0 radical (unpaired) electrons. The molecule has 8 heteroatoms. The third-order valence-electron chi connectivity index (χ3n) is 6.04. The molecule has 4 aromatic rings. The fraction of sp³-hybridized carbons (Fsp3) is 0.269. The van der Waals surface area contributed by atoms with E-state index in [1.54, 1.807) is 23.5 Å². The first kappa shape index (κ1) is 24.3. The molecular weight excluding hydrogens is 466 g/mol. The van der Waals surface area contributed by atoms with Gasteiger partial charge in [0.25, 0.3) is 0 Å². The third kappa shape index (κ3) is 5.31. The van der Waals surface area contributed by atoms with Gasteiger partial charge in [0.15, 0.2) is 5.43 Å². The van der Waals surface area contributed by atoms with Crippen molar-refractivity contribution in [2.45, 2.75) is 20.3 Å². The molecule has 0 aliphatic carbocycles. The highest BCUT2D eigenvalue weighted by Crippen LogP contribution is 2.34. The van der Waals surface area contributed by atoms with Crippen molar-refractivity contribution < 1.29 is 8.76 Å². The number of benzene rings is 3.